The van der Waals surface area contributed by atoms with Crippen molar-refractivity contribution in [3.05, 3.63) is 106 Å². The molecule has 41 heavy (non-hydrogen) atoms. The Balaban J connectivity index is 0.00000337. The molecule has 2 aliphatic heterocycles. The maximum Gasteiger partial charge on any atom is 0.254 e. The number of hydrogen-bond acceptors (Lipinski definition) is 6. The van der Waals surface area contributed by atoms with Crippen molar-refractivity contribution in [2.45, 2.75) is 14.0 Å². The zero-order valence-corrected chi connectivity index (χ0v) is 22.4. The number of fused-ring (bicyclic) bond motifs is 3. The minimum absolute atomic E-state index is 0. The third-order valence-corrected chi connectivity index (χ3v) is 7.35. The van der Waals surface area contributed by atoms with Crippen LogP contribution in [0.3, 0.4) is 0 Å². The quantitative estimate of drug-likeness (QED) is 0.314. The van der Waals surface area contributed by atoms with Crippen LogP contribution in [0, 0.1) is 11.6 Å². The van der Waals surface area contributed by atoms with Crippen LogP contribution in [0.25, 0.3) is 11.3 Å². The molecule has 0 saturated carbocycles. The molecule has 2 aliphatic rings. The molecule has 1 amide bonds. The van der Waals surface area contributed by atoms with Gasteiger partial charge in [0.15, 0.2) is 0 Å². The van der Waals surface area contributed by atoms with Gasteiger partial charge in [0.25, 0.3) is 5.91 Å². The number of aromatic nitrogens is 2. The molecule has 6 rings (SSSR count). The minimum atomic E-state index is -0.713. The highest BCUT2D eigenvalue weighted by molar-refractivity contribution is 6.31. The van der Waals surface area contributed by atoms with Gasteiger partial charge in [0, 0.05) is 65.3 Å². The number of carbonyl (C=O) groups excluding carboxylic acids is 1. The average molecular weight is 575 g/mol. The van der Waals surface area contributed by atoms with Gasteiger partial charge in [-0.2, -0.15) is 0 Å². The van der Waals surface area contributed by atoms with Crippen LogP contribution >= 0.6 is 11.6 Å². The van der Waals surface area contributed by atoms with Crippen molar-refractivity contribution in [2.75, 3.05) is 38.5 Å². The molecule has 1 aromatic heterocycles. The summed E-state index contributed by atoms with van der Waals surface area (Å²) in [5, 5.41) is 3.60. The van der Waals surface area contributed by atoms with Crippen LogP contribution in [0.15, 0.2) is 71.9 Å². The molecule has 210 valence electrons. The lowest BCUT2D eigenvalue weighted by Crippen LogP contribution is -2.47. The Morgan fingerprint density at radius 2 is 1.68 bits per heavy atom. The molecule has 0 unspecified atom stereocenters. The zero-order chi connectivity index (χ0) is 27.8. The predicted octanol–water partition coefficient (Wildman–Crippen LogP) is 6.19. The fourth-order valence-electron chi connectivity index (χ4n) is 4.97. The van der Waals surface area contributed by atoms with Crippen molar-refractivity contribution in [1.82, 2.24) is 19.8 Å². The highest BCUT2D eigenvalue weighted by Crippen LogP contribution is 2.34. The number of likely N-dealkylation sites (N-methyl/N-ethyl adjacent to an activating group) is 1. The predicted molar refractivity (Wildman–Crippen MR) is 158 cm³/mol. The lowest BCUT2D eigenvalue weighted by atomic mass is 9.95. The minimum Gasteiger partial charge on any atom is -0.336 e. The van der Waals surface area contributed by atoms with Gasteiger partial charge in [-0.25, -0.2) is 18.7 Å². The lowest BCUT2D eigenvalue weighted by Gasteiger charge is -2.32. The molecule has 0 bridgehead atoms. The van der Waals surface area contributed by atoms with E-state index in [1.807, 2.05) is 24.1 Å². The van der Waals surface area contributed by atoms with Crippen molar-refractivity contribution >= 4 is 34.9 Å². The first-order valence-electron chi connectivity index (χ1n) is 12.9. The van der Waals surface area contributed by atoms with E-state index in [0.717, 1.165) is 13.1 Å². The second-order valence-electron chi connectivity index (χ2n) is 9.82. The van der Waals surface area contributed by atoms with Gasteiger partial charge in [0.2, 0.25) is 5.95 Å². The van der Waals surface area contributed by atoms with Gasteiger partial charge >= 0.3 is 0 Å². The molecule has 4 aromatic rings. The molecule has 7 nitrogen and oxygen atoms in total. The Bertz CT molecular complexity index is 1630. The van der Waals surface area contributed by atoms with Crippen molar-refractivity contribution in [3.63, 3.8) is 0 Å². The molecule has 0 spiro atoms. The number of anilines is 2. The van der Waals surface area contributed by atoms with Crippen LogP contribution in [-0.4, -0.2) is 64.6 Å². The van der Waals surface area contributed by atoms with Crippen LogP contribution in [0.4, 0.5) is 20.4 Å². The van der Waals surface area contributed by atoms with E-state index in [-0.39, 0.29) is 31.2 Å². The summed E-state index contributed by atoms with van der Waals surface area (Å²) in [4.78, 5) is 30.9. The number of carbonyl (C=O) groups is 1. The fraction of sp³-hybridized carbons (Fsp3) is 0.226. The number of rotatable bonds is 4. The summed E-state index contributed by atoms with van der Waals surface area (Å²) >= 11 is 6.31. The summed E-state index contributed by atoms with van der Waals surface area (Å²) in [6.45, 7) is 3.18. The van der Waals surface area contributed by atoms with Gasteiger partial charge in [-0.1, -0.05) is 37.2 Å². The molecule has 10 heteroatoms. The third-order valence-electron chi connectivity index (χ3n) is 7.12. The van der Waals surface area contributed by atoms with E-state index < -0.39 is 11.6 Å². The summed E-state index contributed by atoms with van der Waals surface area (Å²) < 4.78 is 29.6. The molecular weight excluding hydrogens is 546 g/mol. The lowest BCUT2D eigenvalue weighted by molar-refractivity contribution is 0.0664. The van der Waals surface area contributed by atoms with E-state index >= 15 is 0 Å². The van der Waals surface area contributed by atoms with E-state index in [4.69, 9.17) is 16.6 Å². The Morgan fingerprint density at radius 3 is 2.44 bits per heavy atom. The van der Waals surface area contributed by atoms with Gasteiger partial charge in [-0.3, -0.25) is 9.79 Å². The molecule has 0 atom stereocenters. The zero-order valence-electron chi connectivity index (χ0n) is 21.7. The number of aliphatic imine (C=N–C) groups is 1. The molecule has 1 N–H and O–H groups in total. The van der Waals surface area contributed by atoms with Crippen molar-refractivity contribution in [1.29, 1.82) is 0 Å². The first-order chi connectivity index (χ1) is 19.4. The van der Waals surface area contributed by atoms with Crippen LogP contribution < -0.4 is 5.32 Å². The SMILES string of the molecule is C.CN1CCN(C(=O)c2cccc(Nc3ncc4c(n3)-c3ccc(Cl)cc3C(c3c(F)cccc3F)=NC4)c2)CC1. The maximum atomic E-state index is 14.8. The second-order valence-corrected chi connectivity index (χ2v) is 10.3. The summed E-state index contributed by atoms with van der Waals surface area (Å²) in [7, 11) is 2.05. The molecule has 1 saturated heterocycles. The van der Waals surface area contributed by atoms with Crippen molar-refractivity contribution in [2.24, 2.45) is 4.99 Å². The maximum absolute atomic E-state index is 14.8. The van der Waals surface area contributed by atoms with Gasteiger partial charge in [-0.05, 0) is 49.5 Å². The number of halogens is 3. The third kappa shape index (κ3) is 5.68. The monoisotopic (exact) mass is 574 g/mol. The summed E-state index contributed by atoms with van der Waals surface area (Å²) in [5.41, 5.74) is 3.55. The van der Waals surface area contributed by atoms with Gasteiger partial charge in [0.1, 0.15) is 11.6 Å². The standard InChI is InChI=1S/C30H25ClF2N6O.CH4/c1-38-10-12-39(13-11-38)29(40)18-4-2-5-21(14-18)36-30-35-17-19-16-34-28(26-24(32)6-3-7-25(26)33)23-15-20(31)8-9-22(23)27(19)37-30;/h2-9,14-15,17H,10-13,16H2,1H3,(H,35,36,37);1H4. The van der Waals surface area contributed by atoms with E-state index in [1.165, 1.54) is 18.2 Å². The van der Waals surface area contributed by atoms with Crippen LogP contribution in [0.2, 0.25) is 5.02 Å². The fourth-order valence-corrected chi connectivity index (χ4v) is 5.15. The van der Waals surface area contributed by atoms with E-state index in [0.29, 0.717) is 57.7 Å². The van der Waals surface area contributed by atoms with Crippen molar-refractivity contribution in [3.8, 4) is 11.3 Å². The number of hydrogen-bond donors (Lipinski definition) is 1. The van der Waals surface area contributed by atoms with E-state index in [1.54, 1.807) is 36.5 Å². The number of nitrogens with zero attached hydrogens (tertiary/aromatic N) is 5. The highest BCUT2D eigenvalue weighted by Gasteiger charge is 2.25. The smallest absolute Gasteiger partial charge is 0.254 e. The van der Waals surface area contributed by atoms with E-state index in [2.05, 4.69) is 20.2 Å². The molecular formula is C31H29ClF2N6O. The second kappa shape index (κ2) is 11.7. The Morgan fingerprint density at radius 1 is 0.951 bits per heavy atom. The number of nitrogens with one attached hydrogen (secondary N) is 1. The Labute approximate surface area is 242 Å². The molecule has 0 aliphatic carbocycles. The van der Waals surface area contributed by atoms with Gasteiger partial charge in [0.05, 0.1) is 23.5 Å². The summed E-state index contributed by atoms with van der Waals surface area (Å²) in [5.74, 6) is -1.13. The summed E-state index contributed by atoms with van der Waals surface area (Å²) in [6, 6.07) is 16.1. The molecule has 3 heterocycles. The average Bonchev–Trinajstić information content (AvgIpc) is 3.10. The van der Waals surface area contributed by atoms with Crippen LogP contribution in [0.5, 0.6) is 0 Å². The highest BCUT2D eigenvalue weighted by atomic mass is 35.5. The number of benzene rings is 3. The Hall–Kier alpha value is -4.21. The Kier molecular flexibility index (Phi) is 8.10. The van der Waals surface area contributed by atoms with Crippen LogP contribution in [-0.2, 0) is 6.54 Å². The van der Waals surface area contributed by atoms with Crippen LogP contribution in [0.1, 0.15) is 34.5 Å². The number of amides is 1. The van der Waals surface area contributed by atoms with E-state index in [9.17, 15) is 13.6 Å². The normalized spacial score (nSPS) is 14.7. The first-order valence-corrected chi connectivity index (χ1v) is 13.2. The largest absolute Gasteiger partial charge is 0.336 e. The number of piperazine rings is 1. The van der Waals surface area contributed by atoms with Gasteiger partial charge in [-0.15, -0.1) is 0 Å². The molecule has 1 fully saturated rings. The molecule has 0 radical (unpaired) electrons. The van der Waals surface area contributed by atoms with Crippen molar-refractivity contribution < 1.29 is 13.6 Å². The summed E-state index contributed by atoms with van der Waals surface area (Å²) in [6.07, 6.45) is 1.65. The van der Waals surface area contributed by atoms with Gasteiger partial charge < -0.3 is 15.1 Å². The first kappa shape index (κ1) is 28.3. The topological polar surface area (TPSA) is 73.7 Å². The molecule has 3 aromatic carbocycles.